The van der Waals surface area contributed by atoms with Gasteiger partial charge >= 0.3 is 5.97 Å². The molecule has 3 heteroatoms. The summed E-state index contributed by atoms with van der Waals surface area (Å²) in [5.41, 5.74) is -0.0811. The van der Waals surface area contributed by atoms with Crippen molar-refractivity contribution in [1.82, 2.24) is 0 Å². The monoisotopic (exact) mass is 214 g/mol. The average Bonchev–Trinajstić information content (AvgIpc) is 2.64. The molecule has 0 saturated heterocycles. The maximum atomic E-state index is 11.5. The van der Waals surface area contributed by atoms with Crippen LogP contribution in [0.4, 0.5) is 0 Å². The summed E-state index contributed by atoms with van der Waals surface area (Å²) >= 11 is 0. The van der Waals surface area contributed by atoms with Crippen LogP contribution in [0.2, 0.25) is 6.04 Å². The number of carbonyl (C=O) groups excluding carboxylic acids is 1. The van der Waals surface area contributed by atoms with Crippen LogP contribution in [0.3, 0.4) is 0 Å². The molecule has 1 saturated carbocycles. The smallest absolute Gasteiger partial charge is 0.306 e. The molecule has 14 heavy (non-hydrogen) atoms. The number of carbonyl (C=O) groups is 1. The number of hydrogen-bond donors (Lipinski definition) is 0. The average molecular weight is 214 g/mol. The fraction of sp³-hybridized carbons (Fsp3) is 0.909. The lowest BCUT2D eigenvalue weighted by molar-refractivity contribution is -0.159. The Morgan fingerprint density at radius 2 is 2.07 bits per heavy atom. The summed E-state index contributed by atoms with van der Waals surface area (Å²) in [5.74, 6) is 0.0320. The molecule has 0 heterocycles. The zero-order valence-corrected chi connectivity index (χ0v) is 11.5. The highest BCUT2D eigenvalue weighted by Gasteiger charge is 2.35. The minimum Gasteiger partial charge on any atom is -0.459 e. The van der Waals surface area contributed by atoms with Gasteiger partial charge in [0.15, 0.2) is 0 Å². The Hall–Kier alpha value is -0.313. The van der Waals surface area contributed by atoms with Crippen molar-refractivity contribution in [3.05, 3.63) is 0 Å². The Balaban J connectivity index is 2.36. The van der Waals surface area contributed by atoms with E-state index in [1.807, 2.05) is 0 Å². The van der Waals surface area contributed by atoms with Crippen molar-refractivity contribution in [3.63, 3.8) is 0 Å². The Morgan fingerprint density at radius 1 is 1.43 bits per heavy atom. The Kier molecular flexibility index (Phi) is 4.65. The molecule has 82 valence electrons. The van der Waals surface area contributed by atoms with Crippen LogP contribution in [0.1, 0.15) is 51.9 Å². The molecule has 0 spiro atoms. The van der Waals surface area contributed by atoms with E-state index in [1.165, 1.54) is 29.1 Å². The molecule has 0 aliphatic heterocycles. The van der Waals surface area contributed by atoms with Gasteiger partial charge < -0.3 is 4.74 Å². The molecule has 2 nitrogen and oxygen atoms in total. The van der Waals surface area contributed by atoms with Gasteiger partial charge in [0.1, 0.15) is 5.60 Å². The van der Waals surface area contributed by atoms with Crippen molar-refractivity contribution >= 4 is 16.2 Å². The van der Waals surface area contributed by atoms with E-state index in [0.29, 0.717) is 6.42 Å². The molecular formula is C11H22O2Si. The summed E-state index contributed by atoms with van der Waals surface area (Å²) < 4.78 is 5.63. The summed E-state index contributed by atoms with van der Waals surface area (Å²) in [6, 6.07) is 1.20. The van der Waals surface area contributed by atoms with E-state index < -0.39 is 0 Å². The maximum absolute atomic E-state index is 11.5. The predicted molar refractivity (Wildman–Crippen MR) is 61.6 cm³/mol. The SMILES string of the molecule is CCC1(OC(=O)CCC[SiH3])CCCC1. The number of esters is 1. The van der Waals surface area contributed by atoms with Gasteiger partial charge in [-0.05, 0) is 38.5 Å². The third-order valence-electron chi connectivity index (χ3n) is 3.22. The summed E-state index contributed by atoms with van der Waals surface area (Å²) in [7, 11) is 1.19. The van der Waals surface area contributed by atoms with Crippen LogP contribution in [0.15, 0.2) is 0 Å². The Morgan fingerprint density at radius 3 is 2.57 bits per heavy atom. The first-order chi connectivity index (χ1) is 6.72. The molecule has 0 atom stereocenters. The first-order valence-electron chi connectivity index (χ1n) is 5.94. The lowest BCUT2D eigenvalue weighted by Gasteiger charge is -2.27. The third kappa shape index (κ3) is 3.12. The molecule has 0 aromatic carbocycles. The van der Waals surface area contributed by atoms with E-state index in [2.05, 4.69) is 6.92 Å². The molecule has 1 rings (SSSR count). The topological polar surface area (TPSA) is 26.3 Å². The molecular weight excluding hydrogens is 192 g/mol. The van der Waals surface area contributed by atoms with Crippen LogP contribution in [0, 0.1) is 0 Å². The van der Waals surface area contributed by atoms with Crippen LogP contribution in [-0.2, 0) is 9.53 Å². The molecule has 0 amide bonds. The summed E-state index contributed by atoms with van der Waals surface area (Å²) in [6.45, 7) is 2.13. The second kappa shape index (κ2) is 5.54. The van der Waals surface area contributed by atoms with Crippen LogP contribution in [0.5, 0.6) is 0 Å². The minimum atomic E-state index is -0.0811. The zero-order chi connectivity index (χ0) is 10.4. The molecule has 0 aromatic heterocycles. The van der Waals surface area contributed by atoms with Gasteiger partial charge in [-0.3, -0.25) is 4.79 Å². The number of rotatable bonds is 5. The fourth-order valence-corrected chi connectivity index (χ4v) is 2.51. The van der Waals surface area contributed by atoms with Gasteiger partial charge in [-0.1, -0.05) is 13.0 Å². The van der Waals surface area contributed by atoms with Gasteiger partial charge in [0.2, 0.25) is 0 Å². The molecule has 1 aliphatic carbocycles. The van der Waals surface area contributed by atoms with Gasteiger partial charge in [0, 0.05) is 16.7 Å². The summed E-state index contributed by atoms with van der Waals surface area (Å²) in [4.78, 5) is 11.5. The normalized spacial score (nSPS) is 19.8. The molecule has 0 radical (unpaired) electrons. The largest absolute Gasteiger partial charge is 0.459 e. The van der Waals surface area contributed by atoms with Crippen LogP contribution in [-0.4, -0.2) is 21.8 Å². The lowest BCUT2D eigenvalue weighted by atomic mass is 9.99. The predicted octanol–water partition coefficient (Wildman–Crippen LogP) is 1.82. The second-order valence-corrected chi connectivity index (χ2v) is 5.32. The van der Waals surface area contributed by atoms with Crippen molar-refractivity contribution in [2.75, 3.05) is 0 Å². The first-order valence-corrected chi connectivity index (χ1v) is 7.36. The Bertz CT molecular complexity index is 186. The zero-order valence-electron chi connectivity index (χ0n) is 9.47. The minimum absolute atomic E-state index is 0.0320. The van der Waals surface area contributed by atoms with E-state index in [0.717, 1.165) is 25.7 Å². The van der Waals surface area contributed by atoms with Crippen molar-refractivity contribution in [1.29, 1.82) is 0 Å². The van der Waals surface area contributed by atoms with Gasteiger partial charge in [-0.25, -0.2) is 0 Å². The molecule has 1 fully saturated rings. The van der Waals surface area contributed by atoms with Crippen molar-refractivity contribution in [2.45, 2.75) is 63.5 Å². The number of ether oxygens (including phenoxy) is 1. The second-order valence-electron chi connectivity index (χ2n) is 4.32. The van der Waals surface area contributed by atoms with Crippen LogP contribution in [0.25, 0.3) is 0 Å². The Labute approximate surface area is 89.8 Å². The lowest BCUT2D eigenvalue weighted by Crippen LogP contribution is -2.31. The molecule has 1 aliphatic rings. The quantitative estimate of drug-likeness (QED) is 0.515. The summed E-state index contributed by atoms with van der Waals surface area (Å²) in [5, 5.41) is 0. The van der Waals surface area contributed by atoms with Crippen molar-refractivity contribution < 1.29 is 9.53 Å². The molecule has 0 unspecified atom stereocenters. The standard InChI is InChI=1S/C11H22O2Si/c1-2-11(7-3-4-8-11)13-10(12)6-5-9-14/h2-9H2,1,14H3. The highest BCUT2D eigenvalue weighted by molar-refractivity contribution is 6.08. The third-order valence-corrected chi connectivity index (χ3v) is 3.93. The highest BCUT2D eigenvalue weighted by Crippen LogP contribution is 2.36. The van der Waals surface area contributed by atoms with Gasteiger partial charge in [0.05, 0.1) is 0 Å². The van der Waals surface area contributed by atoms with E-state index in [4.69, 9.17) is 4.74 Å². The van der Waals surface area contributed by atoms with E-state index >= 15 is 0 Å². The van der Waals surface area contributed by atoms with Crippen molar-refractivity contribution in [3.8, 4) is 0 Å². The van der Waals surface area contributed by atoms with Gasteiger partial charge in [-0.2, -0.15) is 0 Å². The van der Waals surface area contributed by atoms with Gasteiger partial charge in [-0.15, -0.1) is 0 Å². The number of hydrogen-bond acceptors (Lipinski definition) is 2. The van der Waals surface area contributed by atoms with Crippen LogP contribution >= 0.6 is 0 Å². The molecule has 0 N–H and O–H groups in total. The van der Waals surface area contributed by atoms with Gasteiger partial charge in [0.25, 0.3) is 0 Å². The van der Waals surface area contributed by atoms with Crippen LogP contribution < -0.4 is 0 Å². The molecule has 0 aromatic rings. The molecule has 0 bridgehead atoms. The van der Waals surface area contributed by atoms with Crippen molar-refractivity contribution in [2.24, 2.45) is 0 Å². The highest BCUT2D eigenvalue weighted by atomic mass is 28.1. The summed E-state index contributed by atoms with van der Waals surface area (Å²) in [6.07, 6.45) is 7.24. The fourth-order valence-electron chi connectivity index (χ4n) is 2.16. The maximum Gasteiger partial charge on any atom is 0.306 e. The van der Waals surface area contributed by atoms with E-state index in [1.54, 1.807) is 0 Å². The first kappa shape index (κ1) is 11.8. The van der Waals surface area contributed by atoms with E-state index in [-0.39, 0.29) is 11.6 Å². The van der Waals surface area contributed by atoms with E-state index in [9.17, 15) is 4.79 Å².